The molecule has 2 spiro atoms. The Morgan fingerprint density at radius 2 is 1.14 bits per heavy atom. The number of nitro groups is 2. The Hall–Kier alpha value is -5.32. The fourth-order valence-electron chi connectivity index (χ4n) is 11.4. The second-order valence-electron chi connectivity index (χ2n) is 18.1. The highest BCUT2D eigenvalue weighted by Gasteiger charge is 2.73. The Balaban J connectivity index is 0.000000215. The molecule has 8 atom stereocenters. The molecule has 2 unspecified atom stereocenters. The van der Waals surface area contributed by atoms with Crippen molar-refractivity contribution < 1.29 is 38.1 Å². The summed E-state index contributed by atoms with van der Waals surface area (Å²) in [7, 11) is 0. The molecule has 2 saturated carbocycles. The molecule has 2 saturated heterocycles. The van der Waals surface area contributed by atoms with Crippen LogP contribution in [-0.4, -0.2) is 86.7 Å². The number of halogens is 6. The summed E-state index contributed by atoms with van der Waals surface area (Å²) in [6.45, 7) is 1.95. The molecule has 3 N–H and O–H groups in total. The number of carbonyl (C=O) groups excluding carboxylic acids is 3. The Morgan fingerprint density at radius 3 is 1.51 bits per heavy atom. The molecule has 4 aliphatic heterocycles. The van der Waals surface area contributed by atoms with Gasteiger partial charge in [-0.3, -0.25) is 39.6 Å². The van der Waals surface area contributed by atoms with Gasteiger partial charge >= 0.3 is 0 Å². The summed E-state index contributed by atoms with van der Waals surface area (Å²) in [5.41, 5.74) is -1.23. The molecule has 71 heavy (non-hydrogen) atoms. The van der Waals surface area contributed by atoms with Crippen LogP contribution in [0.2, 0.25) is 20.1 Å². The van der Waals surface area contributed by atoms with Crippen molar-refractivity contribution in [2.24, 2.45) is 11.8 Å². The summed E-state index contributed by atoms with van der Waals surface area (Å²) < 4.78 is 30.8. The van der Waals surface area contributed by atoms with E-state index in [4.69, 9.17) is 51.7 Å². The lowest BCUT2D eigenvalue weighted by molar-refractivity contribution is -0.528. The van der Waals surface area contributed by atoms with E-state index in [-0.39, 0.29) is 67.3 Å². The molecule has 15 nitrogen and oxygen atoms in total. The molecule has 0 aromatic heterocycles. The van der Waals surface area contributed by atoms with Gasteiger partial charge in [-0.15, -0.1) is 0 Å². The zero-order chi connectivity index (χ0) is 49.7. The highest BCUT2D eigenvalue weighted by Crippen LogP contribution is 2.61. The van der Waals surface area contributed by atoms with Gasteiger partial charge in [0.2, 0.25) is 12.1 Å². The molecule has 4 aromatic carbocycles. The largest absolute Gasteiger partial charge is 0.396 e. The van der Waals surface area contributed by atoms with Crippen molar-refractivity contribution in [3.63, 3.8) is 0 Å². The number of nitrogens with one attached hydrogen (secondary N) is 2. The van der Waals surface area contributed by atoms with Crippen LogP contribution in [0.5, 0.6) is 0 Å². The SMILES string of the molecule is C.C.CC#N.O=C1Nc2cc(Cl)ccc2[C@@]12[C@@H](c1cccc(Cl)c1F)C([N+](=O)[O-])[C@H](CCO)N2CC1CC1.O=CC[C@H]1C([N+](=O)[O-])[C@H](c2cccc(Cl)c2F)[C@]2(C(=O)Nc3cc(Cl)ccc32)N1CC1CC1. The maximum absolute atomic E-state index is 15.4. The number of likely N-dealkylation sites (tertiary alicyclic amines) is 2. The fraction of sp³-hybridized carbons (Fsp3) is 0.440. The summed E-state index contributed by atoms with van der Waals surface area (Å²) >= 11 is 24.5. The number of anilines is 2. The molecular weight excluding hydrogens is 1010 g/mol. The topological polar surface area (TPSA) is 212 Å². The molecule has 21 heteroatoms. The average molecular weight is 1060 g/mol. The summed E-state index contributed by atoms with van der Waals surface area (Å²) in [5, 5.41) is 48.2. The number of aliphatic hydroxyl groups is 1. The maximum Gasteiger partial charge on any atom is 0.250 e. The highest BCUT2D eigenvalue weighted by molar-refractivity contribution is 6.32. The van der Waals surface area contributed by atoms with Gasteiger partial charge in [-0.1, -0.05) is 97.7 Å². The molecule has 4 fully saturated rings. The van der Waals surface area contributed by atoms with E-state index in [1.54, 1.807) is 47.4 Å². The van der Waals surface area contributed by atoms with Gasteiger partial charge in [0, 0.05) is 86.6 Å². The van der Waals surface area contributed by atoms with Gasteiger partial charge in [0.1, 0.15) is 29.0 Å². The Morgan fingerprint density at radius 1 is 0.746 bits per heavy atom. The quantitative estimate of drug-likeness (QED) is 0.0690. The lowest BCUT2D eigenvalue weighted by atomic mass is 9.73. The third kappa shape index (κ3) is 9.37. The number of aldehydes is 1. The van der Waals surface area contributed by atoms with Gasteiger partial charge < -0.3 is 20.5 Å². The van der Waals surface area contributed by atoms with Crippen molar-refractivity contribution in [2.45, 2.75) is 107 Å². The number of benzene rings is 4. The minimum Gasteiger partial charge on any atom is -0.396 e. The zero-order valence-electron chi connectivity index (χ0n) is 36.8. The second kappa shape index (κ2) is 21.8. The predicted octanol–water partition coefficient (Wildman–Crippen LogP) is 10.4. The minimum atomic E-state index is -1.58. The summed E-state index contributed by atoms with van der Waals surface area (Å²) in [6, 6.07) is 15.8. The number of hydrogen-bond acceptors (Lipinski definition) is 11. The van der Waals surface area contributed by atoms with Crippen LogP contribution in [0.3, 0.4) is 0 Å². The predicted molar refractivity (Wildman–Crippen MR) is 267 cm³/mol. The molecular formula is C50H53Cl4F2N7O8. The molecule has 2 aliphatic carbocycles. The van der Waals surface area contributed by atoms with Crippen LogP contribution in [0.1, 0.15) is 94.4 Å². The van der Waals surface area contributed by atoms with Crippen molar-refractivity contribution in [2.75, 3.05) is 30.3 Å². The first-order chi connectivity index (χ1) is 33.0. The van der Waals surface area contributed by atoms with Crippen molar-refractivity contribution in [3.8, 4) is 6.07 Å². The van der Waals surface area contributed by atoms with E-state index in [1.807, 2.05) is 4.90 Å². The van der Waals surface area contributed by atoms with Crippen LogP contribution < -0.4 is 10.6 Å². The summed E-state index contributed by atoms with van der Waals surface area (Å²) in [6.07, 6.45) is 4.30. The molecule has 10 rings (SSSR count). The van der Waals surface area contributed by atoms with Gasteiger partial charge in [0.25, 0.3) is 11.8 Å². The third-order valence-electron chi connectivity index (χ3n) is 14.2. The van der Waals surface area contributed by atoms with Crippen LogP contribution in [0.4, 0.5) is 20.2 Å². The number of fused-ring (bicyclic) bond motifs is 4. The second-order valence-corrected chi connectivity index (χ2v) is 19.8. The standard InChI is InChI=1S/C23H22Cl2FN3O4.C23H20Cl2FN3O4.C2H3N.2CH4/c2*24-13-6-7-15-17(10-13)27-22(31)23(15)19(14-2-1-3-16(25)20(14)26)21(29(32)33)18(8-9-30)28(23)11-12-4-5-12;1-2-3;;/h1-3,6-7,10,12,18-19,21,30H,4-5,8-9,11H2,(H,27,31);1-3,6-7,9-10,12,18-19,21H,4-5,8,11H2,(H,27,31);1H3;2*1H4/t2*18-,19-,21?,23+;;;/m00.../s1. The van der Waals surface area contributed by atoms with Crippen LogP contribution in [0.15, 0.2) is 72.8 Å². The molecule has 2 amide bonds. The molecule has 0 radical (unpaired) electrons. The number of hydrogen-bond donors (Lipinski definition) is 3. The van der Waals surface area contributed by atoms with E-state index in [1.165, 1.54) is 43.3 Å². The Bertz CT molecular complexity index is 2780. The summed E-state index contributed by atoms with van der Waals surface area (Å²) in [4.78, 5) is 67.0. The Labute approximate surface area is 429 Å². The lowest BCUT2D eigenvalue weighted by Gasteiger charge is -2.38. The zero-order valence-corrected chi connectivity index (χ0v) is 39.8. The molecule has 6 aliphatic rings. The van der Waals surface area contributed by atoms with Gasteiger partial charge in [-0.05, 0) is 80.3 Å². The van der Waals surface area contributed by atoms with Gasteiger partial charge in [0.05, 0.1) is 40.0 Å². The first kappa shape index (κ1) is 55.0. The molecule has 0 bridgehead atoms. The third-order valence-corrected chi connectivity index (χ3v) is 15.3. The van der Waals surface area contributed by atoms with Crippen LogP contribution in [0, 0.1) is 55.0 Å². The van der Waals surface area contributed by atoms with Crippen molar-refractivity contribution in [1.29, 1.82) is 5.26 Å². The normalized spacial score (nSPS) is 26.9. The van der Waals surface area contributed by atoms with Crippen LogP contribution in [0.25, 0.3) is 0 Å². The molecule has 4 aromatic rings. The van der Waals surface area contributed by atoms with Crippen molar-refractivity contribution >= 4 is 75.9 Å². The van der Waals surface area contributed by atoms with Gasteiger partial charge in [-0.2, -0.15) is 5.26 Å². The van der Waals surface area contributed by atoms with Crippen molar-refractivity contribution in [1.82, 2.24) is 9.80 Å². The van der Waals surface area contributed by atoms with E-state index >= 15 is 8.78 Å². The lowest BCUT2D eigenvalue weighted by Crippen LogP contribution is -2.52. The Kier molecular flexibility index (Phi) is 16.9. The van der Waals surface area contributed by atoms with E-state index in [0.29, 0.717) is 51.9 Å². The average Bonchev–Trinajstić information content (AvgIpc) is 4.21. The number of aliphatic hydroxyl groups excluding tert-OH is 1. The number of rotatable bonds is 12. The van der Waals surface area contributed by atoms with Crippen molar-refractivity contribution in [3.05, 3.63) is 147 Å². The van der Waals surface area contributed by atoms with E-state index in [2.05, 4.69) is 10.6 Å². The number of nitrogens with zero attached hydrogens (tertiary/aromatic N) is 5. The van der Waals surface area contributed by atoms with Gasteiger partial charge in [-0.25, -0.2) is 8.78 Å². The van der Waals surface area contributed by atoms with E-state index in [0.717, 1.165) is 25.7 Å². The first-order valence-corrected chi connectivity index (χ1v) is 23.8. The highest BCUT2D eigenvalue weighted by atomic mass is 35.5. The van der Waals surface area contributed by atoms with Gasteiger partial charge in [0.15, 0.2) is 0 Å². The number of carbonyl (C=O) groups is 3. The van der Waals surface area contributed by atoms with Crippen LogP contribution >= 0.6 is 46.4 Å². The monoisotopic (exact) mass is 1060 g/mol. The number of amides is 2. The van der Waals surface area contributed by atoms with E-state index in [9.17, 15) is 39.7 Å². The number of nitriles is 1. The smallest absolute Gasteiger partial charge is 0.250 e. The van der Waals surface area contributed by atoms with E-state index < -0.39 is 80.4 Å². The molecule has 378 valence electrons. The molecule has 4 heterocycles. The minimum absolute atomic E-state index is 0. The first-order valence-electron chi connectivity index (χ1n) is 22.3. The van der Waals surface area contributed by atoms with Crippen LogP contribution in [-0.2, 0) is 25.5 Å². The summed E-state index contributed by atoms with van der Waals surface area (Å²) in [5.74, 6) is -4.38. The maximum atomic E-state index is 15.4. The fourth-order valence-corrected chi connectivity index (χ4v) is 12.1.